The predicted octanol–water partition coefficient (Wildman–Crippen LogP) is 2.62. The Labute approximate surface area is 167 Å². The molecule has 1 atom stereocenters. The summed E-state index contributed by atoms with van der Waals surface area (Å²) in [7, 11) is 3.11. The third kappa shape index (κ3) is 3.38. The van der Waals surface area contributed by atoms with Crippen molar-refractivity contribution in [1.82, 2.24) is 19.7 Å². The fraction of sp³-hybridized carbons (Fsp3) is 0.200. The Balaban J connectivity index is 1.73. The minimum absolute atomic E-state index is 0.296. The van der Waals surface area contributed by atoms with E-state index < -0.39 is 6.04 Å². The van der Waals surface area contributed by atoms with Crippen molar-refractivity contribution >= 4 is 17.5 Å². The first-order chi connectivity index (χ1) is 14.1. The maximum Gasteiger partial charge on any atom is 0.256 e. The molecular weight excluding hydrogens is 372 g/mol. The van der Waals surface area contributed by atoms with Crippen LogP contribution in [0.3, 0.4) is 0 Å². The third-order valence-corrected chi connectivity index (χ3v) is 4.66. The lowest BCUT2D eigenvalue weighted by atomic mass is 9.98. The van der Waals surface area contributed by atoms with Crippen LogP contribution in [0.25, 0.3) is 0 Å². The van der Waals surface area contributed by atoms with Gasteiger partial charge in [-0.2, -0.15) is 10.1 Å². The van der Waals surface area contributed by atoms with Crippen molar-refractivity contribution in [3.05, 3.63) is 65.9 Å². The fourth-order valence-electron chi connectivity index (χ4n) is 3.29. The topological polar surface area (TPSA) is 103 Å². The molecule has 0 saturated heterocycles. The van der Waals surface area contributed by atoms with E-state index >= 15 is 0 Å². The molecule has 1 aromatic carbocycles. The van der Waals surface area contributed by atoms with Crippen LogP contribution in [0.4, 0.5) is 11.6 Å². The SMILES string of the molecule is COc1ccc(NC(=O)C2=C(C)Nc3ncnn3[C@@H]2c2ccccn2)c(OC)c1. The van der Waals surface area contributed by atoms with E-state index in [1.54, 1.807) is 36.2 Å². The number of ether oxygens (including phenoxy) is 2. The summed E-state index contributed by atoms with van der Waals surface area (Å²) in [6.07, 6.45) is 3.13. The molecular formula is C20H20N6O3. The van der Waals surface area contributed by atoms with Gasteiger partial charge in [-0.1, -0.05) is 6.07 Å². The van der Waals surface area contributed by atoms with Gasteiger partial charge in [-0.15, -0.1) is 0 Å². The normalized spacial score (nSPS) is 15.3. The molecule has 1 aliphatic heterocycles. The van der Waals surface area contributed by atoms with Crippen LogP contribution in [-0.4, -0.2) is 39.9 Å². The molecule has 3 aromatic rings. The first-order valence-corrected chi connectivity index (χ1v) is 8.94. The van der Waals surface area contributed by atoms with Gasteiger partial charge >= 0.3 is 0 Å². The van der Waals surface area contributed by atoms with E-state index in [2.05, 4.69) is 25.7 Å². The summed E-state index contributed by atoms with van der Waals surface area (Å²) in [6, 6.07) is 10.2. The van der Waals surface area contributed by atoms with E-state index in [0.717, 1.165) is 0 Å². The van der Waals surface area contributed by atoms with Gasteiger partial charge in [0.2, 0.25) is 5.95 Å². The summed E-state index contributed by atoms with van der Waals surface area (Å²) in [4.78, 5) is 22.0. The molecule has 0 fully saturated rings. The van der Waals surface area contributed by atoms with Crippen LogP contribution in [0.1, 0.15) is 18.7 Å². The van der Waals surface area contributed by atoms with Crippen molar-refractivity contribution in [3.63, 3.8) is 0 Å². The van der Waals surface area contributed by atoms with E-state index in [-0.39, 0.29) is 5.91 Å². The van der Waals surface area contributed by atoms with Gasteiger partial charge in [-0.05, 0) is 31.2 Å². The molecule has 29 heavy (non-hydrogen) atoms. The number of hydrogen-bond acceptors (Lipinski definition) is 7. The highest BCUT2D eigenvalue weighted by atomic mass is 16.5. The summed E-state index contributed by atoms with van der Waals surface area (Å²) in [5.74, 6) is 1.38. The van der Waals surface area contributed by atoms with E-state index in [4.69, 9.17) is 9.47 Å². The van der Waals surface area contributed by atoms with E-state index in [1.807, 2.05) is 25.1 Å². The van der Waals surface area contributed by atoms with Crippen LogP contribution in [0, 0.1) is 0 Å². The third-order valence-electron chi connectivity index (χ3n) is 4.66. The minimum atomic E-state index is -0.515. The Hall–Kier alpha value is -3.88. The lowest BCUT2D eigenvalue weighted by Crippen LogP contribution is -2.32. The maximum absolute atomic E-state index is 13.3. The molecule has 1 aliphatic rings. The lowest BCUT2D eigenvalue weighted by molar-refractivity contribution is -0.113. The predicted molar refractivity (Wildman–Crippen MR) is 107 cm³/mol. The molecule has 0 saturated carbocycles. The summed E-state index contributed by atoms with van der Waals surface area (Å²) in [5.41, 5.74) is 2.38. The van der Waals surface area contributed by atoms with Crippen molar-refractivity contribution in [1.29, 1.82) is 0 Å². The summed E-state index contributed by atoms with van der Waals surface area (Å²) in [5, 5.41) is 10.4. The van der Waals surface area contributed by atoms with Crippen LogP contribution in [0.2, 0.25) is 0 Å². The monoisotopic (exact) mass is 392 g/mol. The second-order valence-corrected chi connectivity index (χ2v) is 6.37. The van der Waals surface area contributed by atoms with Gasteiger partial charge in [0.05, 0.1) is 31.2 Å². The van der Waals surface area contributed by atoms with Gasteiger partial charge in [0, 0.05) is 18.0 Å². The zero-order valence-electron chi connectivity index (χ0n) is 16.2. The number of nitrogens with zero attached hydrogens (tertiary/aromatic N) is 4. The summed E-state index contributed by atoms with van der Waals surface area (Å²) in [6.45, 7) is 1.83. The smallest absolute Gasteiger partial charge is 0.256 e. The van der Waals surface area contributed by atoms with Crippen molar-refractivity contribution < 1.29 is 14.3 Å². The second-order valence-electron chi connectivity index (χ2n) is 6.37. The molecule has 0 unspecified atom stereocenters. The molecule has 1 amide bonds. The Morgan fingerprint density at radius 2 is 2.03 bits per heavy atom. The number of anilines is 2. The molecule has 0 bridgehead atoms. The van der Waals surface area contributed by atoms with Gasteiger partial charge in [0.25, 0.3) is 5.91 Å². The van der Waals surface area contributed by atoms with Crippen molar-refractivity contribution in [2.75, 3.05) is 24.9 Å². The number of pyridine rings is 1. The van der Waals surface area contributed by atoms with Crippen molar-refractivity contribution in [3.8, 4) is 11.5 Å². The zero-order chi connectivity index (χ0) is 20.4. The van der Waals surface area contributed by atoms with Crippen LogP contribution in [0.15, 0.2) is 60.2 Å². The van der Waals surface area contributed by atoms with Crippen LogP contribution < -0.4 is 20.1 Å². The van der Waals surface area contributed by atoms with Crippen LogP contribution in [-0.2, 0) is 4.79 Å². The standard InChI is InChI=1S/C20H20N6O3/c1-12-17(19(27)25-14-8-7-13(28-2)10-16(14)29-3)18(15-6-4-5-9-21-15)26-20(24-12)22-11-23-26/h4-11,18H,1-3H3,(H,25,27)(H,22,23,24)/t18-/m1/s1. The summed E-state index contributed by atoms with van der Waals surface area (Å²) >= 11 is 0. The quantitative estimate of drug-likeness (QED) is 0.688. The highest BCUT2D eigenvalue weighted by Gasteiger charge is 2.34. The maximum atomic E-state index is 13.3. The first kappa shape index (κ1) is 18.5. The van der Waals surface area contributed by atoms with Crippen molar-refractivity contribution in [2.24, 2.45) is 0 Å². The number of amides is 1. The van der Waals surface area contributed by atoms with Crippen molar-refractivity contribution in [2.45, 2.75) is 13.0 Å². The number of allylic oxidation sites excluding steroid dienone is 1. The number of carbonyl (C=O) groups is 1. The van der Waals surface area contributed by atoms with E-state index in [0.29, 0.717) is 40.1 Å². The number of carbonyl (C=O) groups excluding carboxylic acids is 1. The van der Waals surface area contributed by atoms with Gasteiger partial charge in [0.1, 0.15) is 23.9 Å². The molecule has 9 nitrogen and oxygen atoms in total. The Bertz CT molecular complexity index is 1080. The molecule has 0 radical (unpaired) electrons. The van der Waals surface area contributed by atoms with Gasteiger partial charge in [-0.3, -0.25) is 9.78 Å². The molecule has 0 spiro atoms. The van der Waals surface area contributed by atoms with Crippen LogP contribution >= 0.6 is 0 Å². The molecule has 148 valence electrons. The molecule has 2 N–H and O–H groups in total. The highest BCUT2D eigenvalue weighted by Crippen LogP contribution is 2.35. The Morgan fingerprint density at radius 3 is 2.76 bits per heavy atom. The zero-order valence-corrected chi connectivity index (χ0v) is 16.2. The lowest BCUT2D eigenvalue weighted by Gasteiger charge is -2.28. The Morgan fingerprint density at radius 1 is 1.17 bits per heavy atom. The number of hydrogen-bond donors (Lipinski definition) is 2. The Kier molecular flexibility index (Phi) is 4.86. The average molecular weight is 392 g/mol. The molecule has 3 heterocycles. The second kappa shape index (κ2) is 7.63. The number of nitrogens with one attached hydrogen (secondary N) is 2. The first-order valence-electron chi connectivity index (χ1n) is 8.94. The molecule has 9 heteroatoms. The summed E-state index contributed by atoms with van der Waals surface area (Å²) < 4.78 is 12.3. The number of methoxy groups -OCH3 is 2. The fourth-order valence-corrected chi connectivity index (χ4v) is 3.29. The molecule has 0 aliphatic carbocycles. The van der Waals surface area contributed by atoms with E-state index in [9.17, 15) is 4.79 Å². The highest BCUT2D eigenvalue weighted by molar-refractivity contribution is 6.06. The van der Waals surface area contributed by atoms with Gasteiger partial charge in [0.15, 0.2) is 0 Å². The largest absolute Gasteiger partial charge is 0.497 e. The van der Waals surface area contributed by atoms with Crippen LogP contribution in [0.5, 0.6) is 11.5 Å². The van der Waals surface area contributed by atoms with E-state index in [1.165, 1.54) is 13.4 Å². The number of rotatable bonds is 5. The van der Waals surface area contributed by atoms with Gasteiger partial charge in [-0.25, -0.2) is 4.68 Å². The number of aromatic nitrogens is 4. The number of fused-ring (bicyclic) bond motifs is 1. The van der Waals surface area contributed by atoms with Gasteiger partial charge < -0.3 is 20.1 Å². The molecule has 4 rings (SSSR count). The minimum Gasteiger partial charge on any atom is -0.497 e. The number of benzene rings is 1. The average Bonchev–Trinajstić information content (AvgIpc) is 3.21. The molecule has 2 aromatic heterocycles.